The molecule has 0 aliphatic rings. The molecule has 2 rings (SSSR count). The Labute approximate surface area is 90.3 Å². The van der Waals surface area contributed by atoms with Crippen LogP contribution in [0.5, 0.6) is 0 Å². The Kier molecular flexibility index (Phi) is 2.35. The molecule has 0 aliphatic carbocycles. The summed E-state index contributed by atoms with van der Waals surface area (Å²) in [5.74, 6) is 0.957. The maximum absolute atomic E-state index is 4.33. The van der Waals surface area contributed by atoms with Gasteiger partial charge in [-0.05, 0) is 55.0 Å². The average molecular weight is 200 g/mol. The van der Waals surface area contributed by atoms with Gasteiger partial charge in [0.1, 0.15) is 5.82 Å². The number of pyridine rings is 1. The zero-order valence-corrected chi connectivity index (χ0v) is 9.68. The van der Waals surface area contributed by atoms with Crippen LogP contribution in [0.15, 0.2) is 18.3 Å². The maximum atomic E-state index is 4.33. The predicted octanol–water partition coefficient (Wildman–Crippen LogP) is 3.20. The van der Waals surface area contributed by atoms with Crippen LogP contribution in [0, 0.1) is 20.8 Å². The third-order valence-corrected chi connectivity index (χ3v) is 3.15. The van der Waals surface area contributed by atoms with Gasteiger partial charge in [-0.2, -0.15) is 0 Å². The van der Waals surface area contributed by atoms with Gasteiger partial charge in [0.15, 0.2) is 0 Å². The van der Waals surface area contributed by atoms with Gasteiger partial charge in [-0.25, -0.2) is 4.98 Å². The van der Waals surface area contributed by atoms with E-state index in [1.54, 1.807) is 0 Å². The summed E-state index contributed by atoms with van der Waals surface area (Å²) < 4.78 is 0. The fraction of sp³-hybridized carbons (Fsp3) is 0.308. The zero-order valence-electron chi connectivity index (χ0n) is 9.68. The van der Waals surface area contributed by atoms with E-state index in [-0.39, 0.29) is 0 Å². The third-order valence-electron chi connectivity index (χ3n) is 3.15. The fourth-order valence-electron chi connectivity index (χ4n) is 1.97. The summed E-state index contributed by atoms with van der Waals surface area (Å²) in [6.07, 6.45) is 1.86. The SMILES string of the molecule is CNc1nccc2c(C)c(C)c(C)cc12. The van der Waals surface area contributed by atoms with E-state index in [0.717, 1.165) is 5.82 Å². The summed E-state index contributed by atoms with van der Waals surface area (Å²) in [5.41, 5.74) is 4.05. The number of benzene rings is 1. The van der Waals surface area contributed by atoms with Crippen LogP contribution < -0.4 is 5.32 Å². The number of fused-ring (bicyclic) bond motifs is 1. The van der Waals surface area contributed by atoms with Crippen LogP contribution in [0.25, 0.3) is 10.8 Å². The van der Waals surface area contributed by atoms with Crippen LogP contribution in [0.2, 0.25) is 0 Å². The van der Waals surface area contributed by atoms with Crippen molar-refractivity contribution in [3.8, 4) is 0 Å². The van der Waals surface area contributed by atoms with E-state index >= 15 is 0 Å². The number of nitrogens with zero attached hydrogens (tertiary/aromatic N) is 1. The number of rotatable bonds is 1. The van der Waals surface area contributed by atoms with Crippen molar-refractivity contribution in [3.05, 3.63) is 35.0 Å². The lowest BCUT2D eigenvalue weighted by Crippen LogP contribution is -1.96. The minimum Gasteiger partial charge on any atom is -0.373 e. The van der Waals surface area contributed by atoms with Gasteiger partial charge in [0.2, 0.25) is 0 Å². The number of aromatic nitrogens is 1. The van der Waals surface area contributed by atoms with Crippen LogP contribution in [-0.4, -0.2) is 12.0 Å². The van der Waals surface area contributed by atoms with Crippen molar-refractivity contribution >= 4 is 16.6 Å². The second kappa shape index (κ2) is 3.54. The number of hydrogen-bond donors (Lipinski definition) is 1. The molecule has 2 aromatic rings. The molecule has 0 fully saturated rings. The number of hydrogen-bond acceptors (Lipinski definition) is 2. The maximum Gasteiger partial charge on any atom is 0.133 e. The van der Waals surface area contributed by atoms with Crippen molar-refractivity contribution in [1.29, 1.82) is 0 Å². The van der Waals surface area contributed by atoms with Crippen molar-refractivity contribution in [3.63, 3.8) is 0 Å². The average Bonchev–Trinajstić information content (AvgIpc) is 2.25. The van der Waals surface area contributed by atoms with Crippen LogP contribution in [0.3, 0.4) is 0 Å². The van der Waals surface area contributed by atoms with Crippen molar-refractivity contribution in [2.75, 3.05) is 12.4 Å². The van der Waals surface area contributed by atoms with Crippen LogP contribution in [0.4, 0.5) is 5.82 Å². The Morgan fingerprint density at radius 2 is 1.80 bits per heavy atom. The predicted molar refractivity (Wildman–Crippen MR) is 65.5 cm³/mol. The summed E-state index contributed by atoms with van der Waals surface area (Å²) in [6, 6.07) is 4.29. The molecule has 0 amide bonds. The standard InChI is InChI=1S/C13H16N2/c1-8-7-12-11(10(3)9(8)2)5-6-15-13(12)14-4/h5-7H,1-4H3,(H,14,15). The van der Waals surface area contributed by atoms with Gasteiger partial charge in [0, 0.05) is 18.6 Å². The lowest BCUT2D eigenvalue weighted by molar-refractivity contribution is 1.27. The summed E-state index contributed by atoms with van der Waals surface area (Å²) in [4.78, 5) is 4.33. The minimum absolute atomic E-state index is 0.957. The van der Waals surface area contributed by atoms with E-state index in [9.17, 15) is 0 Å². The molecule has 0 saturated carbocycles. The minimum atomic E-state index is 0.957. The second-order valence-corrected chi connectivity index (χ2v) is 3.95. The van der Waals surface area contributed by atoms with Gasteiger partial charge in [0.05, 0.1) is 0 Å². The molecule has 1 heterocycles. The van der Waals surface area contributed by atoms with Crippen LogP contribution >= 0.6 is 0 Å². The molecule has 0 aliphatic heterocycles. The van der Waals surface area contributed by atoms with Crippen molar-refractivity contribution in [2.24, 2.45) is 0 Å². The quantitative estimate of drug-likeness (QED) is 0.764. The molecule has 0 unspecified atom stereocenters. The van der Waals surface area contributed by atoms with Crippen molar-refractivity contribution < 1.29 is 0 Å². The molecule has 0 saturated heterocycles. The number of anilines is 1. The Hall–Kier alpha value is -1.57. The monoisotopic (exact) mass is 200 g/mol. The summed E-state index contributed by atoms with van der Waals surface area (Å²) in [7, 11) is 1.91. The molecule has 0 bridgehead atoms. The van der Waals surface area contributed by atoms with E-state index in [1.807, 2.05) is 13.2 Å². The summed E-state index contributed by atoms with van der Waals surface area (Å²) >= 11 is 0. The highest BCUT2D eigenvalue weighted by Crippen LogP contribution is 2.28. The smallest absolute Gasteiger partial charge is 0.133 e. The molecule has 0 radical (unpaired) electrons. The number of aryl methyl sites for hydroxylation is 2. The molecule has 1 aromatic carbocycles. The molecule has 2 heteroatoms. The largest absolute Gasteiger partial charge is 0.373 e. The molecular formula is C13H16N2. The highest BCUT2D eigenvalue weighted by atomic mass is 14.9. The molecule has 78 valence electrons. The van der Waals surface area contributed by atoms with E-state index in [4.69, 9.17) is 0 Å². The second-order valence-electron chi connectivity index (χ2n) is 3.95. The van der Waals surface area contributed by atoms with Crippen LogP contribution in [-0.2, 0) is 0 Å². The Balaban J connectivity index is 2.91. The van der Waals surface area contributed by atoms with Crippen LogP contribution in [0.1, 0.15) is 16.7 Å². The normalized spacial score (nSPS) is 10.7. The van der Waals surface area contributed by atoms with Gasteiger partial charge in [-0.3, -0.25) is 0 Å². The molecule has 0 spiro atoms. The summed E-state index contributed by atoms with van der Waals surface area (Å²) in [6.45, 7) is 6.49. The van der Waals surface area contributed by atoms with Gasteiger partial charge in [-0.1, -0.05) is 0 Å². The Morgan fingerprint density at radius 1 is 1.07 bits per heavy atom. The van der Waals surface area contributed by atoms with Crippen molar-refractivity contribution in [1.82, 2.24) is 4.98 Å². The lowest BCUT2D eigenvalue weighted by Gasteiger charge is -2.11. The first-order valence-corrected chi connectivity index (χ1v) is 5.18. The molecule has 1 N–H and O–H groups in total. The van der Waals surface area contributed by atoms with E-state index in [0.29, 0.717) is 0 Å². The van der Waals surface area contributed by atoms with E-state index < -0.39 is 0 Å². The molecule has 15 heavy (non-hydrogen) atoms. The Morgan fingerprint density at radius 3 is 2.47 bits per heavy atom. The zero-order chi connectivity index (χ0) is 11.0. The highest BCUT2D eigenvalue weighted by molar-refractivity contribution is 5.95. The third kappa shape index (κ3) is 1.46. The lowest BCUT2D eigenvalue weighted by atomic mass is 9.97. The topological polar surface area (TPSA) is 24.9 Å². The van der Waals surface area contributed by atoms with Crippen molar-refractivity contribution in [2.45, 2.75) is 20.8 Å². The van der Waals surface area contributed by atoms with Gasteiger partial charge in [0.25, 0.3) is 0 Å². The molecule has 0 atom stereocenters. The first-order chi connectivity index (χ1) is 7.15. The van der Waals surface area contributed by atoms with Gasteiger partial charge < -0.3 is 5.32 Å². The first kappa shape index (κ1) is 9.97. The Bertz CT molecular complexity index is 515. The van der Waals surface area contributed by atoms with E-state index in [1.165, 1.54) is 27.5 Å². The molecule has 1 aromatic heterocycles. The van der Waals surface area contributed by atoms with Gasteiger partial charge >= 0.3 is 0 Å². The highest BCUT2D eigenvalue weighted by Gasteiger charge is 2.07. The molecule has 2 nitrogen and oxygen atoms in total. The van der Waals surface area contributed by atoms with Gasteiger partial charge in [-0.15, -0.1) is 0 Å². The first-order valence-electron chi connectivity index (χ1n) is 5.18. The summed E-state index contributed by atoms with van der Waals surface area (Å²) in [5, 5.41) is 5.63. The van der Waals surface area contributed by atoms with E-state index in [2.05, 4.69) is 43.2 Å². The molecular weight excluding hydrogens is 184 g/mol. The fourth-order valence-corrected chi connectivity index (χ4v) is 1.97. The number of nitrogens with one attached hydrogen (secondary N) is 1.